The molecule has 144 valence electrons. The third kappa shape index (κ3) is 3.81. The Bertz CT molecular complexity index is 771. The van der Waals surface area contributed by atoms with E-state index in [1.165, 1.54) is 0 Å². The van der Waals surface area contributed by atoms with Crippen LogP contribution in [-0.4, -0.2) is 47.5 Å². The number of nitrogens with zero attached hydrogens (tertiary/aromatic N) is 1. The molecular weight excluding hydrogens is 342 g/mol. The Morgan fingerprint density at radius 1 is 1.19 bits per heavy atom. The SMILES string of the molecule is COc1ccc2c(c1)OC1(CCN(C[C@@H](O)c3ccccc3)CC1)C[C@H]2O. The molecule has 2 heterocycles. The number of aliphatic hydroxyl groups is 2. The summed E-state index contributed by atoms with van der Waals surface area (Å²) in [6, 6.07) is 15.4. The van der Waals surface area contributed by atoms with Gasteiger partial charge < -0.3 is 24.6 Å². The molecule has 27 heavy (non-hydrogen) atoms. The fraction of sp³-hybridized carbons (Fsp3) is 0.455. The van der Waals surface area contributed by atoms with Crippen molar-refractivity contribution in [2.24, 2.45) is 0 Å². The van der Waals surface area contributed by atoms with E-state index in [9.17, 15) is 10.2 Å². The van der Waals surface area contributed by atoms with Gasteiger partial charge in [-0.2, -0.15) is 0 Å². The number of methoxy groups -OCH3 is 1. The van der Waals surface area contributed by atoms with Crippen LogP contribution in [0.4, 0.5) is 0 Å². The molecular formula is C22H27NO4. The second-order valence-electron chi connectivity index (χ2n) is 7.64. The number of hydrogen-bond donors (Lipinski definition) is 2. The summed E-state index contributed by atoms with van der Waals surface area (Å²) in [4.78, 5) is 2.28. The average Bonchev–Trinajstić information content (AvgIpc) is 2.70. The van der Waals surface area contributed by atoms with Crippen molar-refractivity contribution in [2.75, 3.05) is 26.7 Å². The monoisotopic (exact) mass is 369 g/mol. The van der Waals surface area contributed by atoms with Crippen molar-refractivity contribution < 1.29 is 19.7 Å². The van der Waals surface area contributed by atoms with Crippen LogP contribution in [0.5, 0.6) is 11.5 Å². The summed E-state index contributed by atoms with van der Waals surface area (Å²) >= 11 is 0. The van der Waals surface area contributed by atoms with E-state index < -0.39 is 12.2 Å². The predicted octanol–water partition coefficient (Wildman–Crippen LogP) is 3.08. The van der Waals surface area contributed by atoms with Crippen LogP contribution in [0.2, 0.25) is 0 Å². The van der Waals surface area contributed by atoms with Gasteiger partial charge in [0.15, 0.2) is 0 Å². The van der Waals surface area contributed by atoms with E-state index in [2.05, 4.69) is 4.90 Å². The highest BCUT2D eigenvalue weighted by atomic mass is 16.5. The third-order valence-corrected chi connectivity index (χ3v) is 5.85. The second-order valence-corrected chi connectivity index (χ2v) is 7.64. The van der Waals surface area contributed by atoms with E-state index in [0.717, 1.165) is 48.6 Å². The number of fused-ring (bicyclic) bond motifs is 1. The van der Waals surface area contributed by atoms with Crippen LogP contribution in [0.1, 0.15) is 42.6 Å². The lowest BCUT2D eigenvalue weighted by atomic mass is 9.81. The van der Waals surface area contributed by atoms with E-state index >= 15 is 0 Å². The average molecular weight is 369 g/mol. The first-order valence-corrected chi connectivity index (χ1v) is 9.59. The van der Waals surface area contributed by atoms with Gasteiger partial charge >= 0.3 is 0 Å². The lowest BCUT2D eigenvalue weighted by molar-refractivity contribution is -0.0588. The summed E-state index contributed by atoms with van der Waals surface area (Å²) in [7, 11) is 1.63. The first kappa shape index (κ1) is 18.3. The molecule has 1 spiro atoms. The smallest absolute Gasteiger partial charge is 0.129 e. The van der Waals surface area contributed by atoms with Gasteiger partial charge in [-0.25, -0.2) is 0 Å². The number of benzene rings is 2. The van der Waals surface area contributed by atoms with Crippen LogP contribution in [0.3, 0.4) is 0 Å². The minimum atomic E-state index is -0.513. The maximum absolute atomic E-state index is 10.6. The molecule has 0 saturated carbocycles. The molecule has 2 aromatic rings. The molecule has 2 aliphatic rings. The molecule has 5 heteroatoms. The first-order chi connectivity index (χ1) is 13.1. The molecule has 0 bridgehead atoms. The van der Waals surface area contributed by atoms with Crippen LogP contribution < -0.4 is 9.47 Å². The van der Waals surface area contributed by atoms with E-state index in [0.29, 0.717) is 13.0 Å². The highest BCUT2D eigenvalue weighted by molar-refractivity contribution is 5.44. The molecule has 0 radical (unpaired) electrons. The Labute approximate surface area is 160 Å². The number of rotatable bonds is 4. The number of aliphatic hydroxyl groups excluding tert-OH is 2. The van der Waals surface area contributed by atoms with Gasteiger partial charge in [0.2, 0.25) is 0 Å². The van der Waals surface area contributed by atoms with Gasteiger partial charge in [-0.15, -0.1) is 0 Å². The van der Waals surface area contributed by atoms with Crippen LogP contribution in [-0.2, 0) is 0 Å². The van der Waals surface area contributed by atoms with Crippen LogP contribution in [0, 0.1) is 0 Å². The topological polar surface area (TPSA) is 62.2 Å². The summed E-state index contributed by atoms with van der Waals surface area (Å²) in [5, 5.41) is 21.1. The third-order valence-electron chi connectivity index (χ3n) is 5.85. The first-order valence-electron chi connectivity index (χ1n) is 9.59. The number of β-amino-alcohol motifs (C(OH)–C–C–N with tert-alkyl or cyclic N) is 1. The van der Waals surface area contributed by atoms with Gasteiger partial charge in [-0.05, 0) is 30.5 Å². The number of piperidine rings is 1. The molecule has 0 aliphatic carbocycles. The Balaban J connectivity index is 1.41. The van der Waals surface area contributed by atoms with Crippen molar-refractivity contribution in [3.63, 3.8) is 0 Å². The molecule has 2 atom stereocenters. The van der Waals surface area contributed by atoms with E-state index in [1.807, 2.05) is 48.5 Å². The van der Waals surface area contributed by atoms with Crippen molar-refractivity contribution in [3.05, 3.63) is 59.7 Å². The van der Waals surface area contributed by atoms with Gasteiger partial charge in [-0.3, -0.25) is 0 Å². The second kappa shape index (κ2) is 7.50. The number of likely N-dealkylation sites (tertiary alicyclic amines) is 1. The van der Waals surface area contributed by atoms with E-state index in [1.54, 1.807) is 7.11 Å². The summed E-state index contributed by atoms with van der Waals surface area (Å²) in [5.74, 6) is 1.47. The van der Waals surface area contributed by atoms with Gasteiger partial charge in [0, 0.05) is 37.7 Å². The zero-order chi connectivity index (χ0) is 18.9. The maximum atomic E-state index is 10.6. The highest BCUT2D eigenvalue weighted by Crippen LogP contribution is 2.45. The molecule has 0 unspecified atom stereocenters. The fourth-order valence-corrected chi connectivity index (χ4v) is 4.22. The van der Waals surface area contributed by atoms with Crippen molar-refractivity contribution in [2.45, 2.75) is 37.1 Å². The molecule has 2 N–H and O–H groups in total. The molecule has 2 aromatic carbocycles. The zero-order valence-corrected chi connectivity index (χ0v) is 15.7. The molecule has 1 saturated heterocycles. The quantitative estimate of drug-likeness (QED) is 0.867. The molecule has 1 fully saturated rings. The van der Waals surface area contributed by atoms with Crippen molar-refractivity contribution in [1.29, 1.82) is 0 Å². The molecule has 4 rings (SSSR count). The zero-order valence-electron chi connectivity index (χ0n) is 15.7. The predicted molar refractivity (Wildman–Crippen MR) is 103 cm³/mol. The number of ether oxygens (including phenoxy) is 2. The van der Waals surface area contributed by atoms with Crippen molar-refractivity contribution >= 4 is 0 Å². The summed E-state index contributed by atoms with van der Waals surface area (Å²) in [6.07, 6.45) is 1.29. The largest absolute Gasteiger partial charge is 0.497 e. The molecule has 0 amide bonds. The number of hydrogen-bond acceptors (Lipinski definition) is 5. The van der Waals surface area contributed by atoms with Crippen LogP contribution >= 0.6 is 0 Å². The van der Waals surface area contributed by atoms with E-state index in [4.69, 9.17) is 9.47 Å². The molecule has 0 aromatic heterocycles. The molecule has 5 nitrogen and oxygen atoms in total. The Morgan fingerprint density at radius 2 is 1.93 bits per heavy atom. The maximum Gasteiger partial charge on any atom is 0.129 e. The van der Waals surface area contributed by atoms with Crippen LogP contribution in [0.25, 0.3) is 0 Å². The standard InChI is InChI=1S/C22H27NO4/c1-26-17-7-8-18-19(24)14-22(27-21(18)13-17)9-11-23(12-10-22)15-20(25)16-5-3-2-4-6-16/h2-8,13,19-20,24-25H,9-12,14-15H2,1H3/t19-,20-/m1/s1. The van der Waals surface area contributed by atoms with Gasteiger partial charge in [0.1, 0.15) is 17.1 Å². The van der Waals surface area contributed by atoms with Crippen molar-refractivity contribution in [3.8, 4) is 11.5 Å². The Morgan fingerprint density at radius 3 is 2.63 bits per heavy atom. The molecule has 2 aliphatic heterocycles. The van der Waals surface area contributed by atoms with Crippen molar-refractivity contribution in [1.82, 2.24) is 4.90 Å². The van der Waals surface area contributed by atoms with Gasteiger partial charge in [-0.1, -0.05) is 30.3 Å². The lowest BCUT2D eigenvalue weighted by Crippen LogP contribution is -2.51. The minimum absolute atomic E-state index is 0.340. The van der Waals surface area contributed by atoms with Crippen LogP contribution in [0.15, 0.2) is 48.5 Å². The summed E-state index contributed by atoms with van der Waals surface area (Å²) < 4.78 is 11.7. The lowest BCUT2D eigenvalue weighted by Gasteiger charge is -2.46. The van der Waals surface area contributed by atoms with Gasteiger partial charge in [0.25, 0.3) is 0 Å². The Hall–Kier alpha value is -2.08. The highest BCUT2D eigenvalue weighted by Gasteiger charge is 2.43. The van der Waals surface area contributed by atoms with E-state index in [-0.39, 0.29) is 5.60 Å². The normalized spacial score (nSPS) is 22.7. The minimum Gasteiger partial charge on any atom is -0.497 e. The summed E-state index contributed by atoms with van der Waals surface area (Å²) in [6.45, 7) is 2.30. The van der Waals surface area contributed by atoms with Gasteiger partial charge in [0.05, 0.1) is 19.3 Å². The Kier molecular flexibility index (Phi) is 5.08. The fourth-order valence-electron chi connectivity index (χ4n) is 4.22. The summed E-state index contributed by atoms with van der Waals surface area (Å²) in [5.41, 5.74) is 1.44.